The van der Waals surface area contributed by atoms with Crippen molar-refractivity contribution in [2.24, 2.45) is 0 Å². The lowest BCUT2D eigenvalue weighted by Gasteiger charge is -2.12. The second-order valence-electron chi connectivity index (χ2n) is 3.68. The smallest absolute Gasteiger partial charge is 0.241 e. The molecule has 5 nitrogen and oxygen atoms in total. The minimum atomic E-state index is -0.295. The minimum absolute atomic E-state index is 0.159. The van der Waals surface area contributed by atoms with Crippen molar-refractivity contribution in [2.45, 2.75) is 13.0 Å². The number of rotatable bonds is 3. The van der Waals surface area contributed by atoms with Crippen LogP contribution < -0.4 is 20.1 Å². The largest absolute Gasteiger partial charge is 0.454 e. The fourth-order valence-electron chi connectivity index (χ4n) is 1.39. The maximum absolute atomic E-state index is 11.7. The van der Waals surface area contributed by atoms with Gasteiger partial charge in [0.2, 0.25) is 12.7 Å². The first-order valence-electron chi connectivity index (χ1n) is 5.19. The quantitative estimate of drug-likeness (QED) is 0.863. The van der Waals surface area contributed by atoms with Crippen molar-refractivity contribution in [1.82, 2.24) is 5.32 Å². The molecule has 0 aliphatic carbocycles. The predicted molar refractivity (Wildman–Crippen MR) is 64.7 cm³/mol. The van der Waals surface area contributed by atoms with Gasteiger partial charge in [0.15, 0.2) is 11.5 Å². The lowest BCUT2D eigenvalue weighted by molar-refractivity contribution is -0.117. The third-order valence-corrected chi connectivity index (χ3v) is 2.86. The molecule has 1 aromatic rings. The molecule has 0 saturated carbocycles. The van der Waals surface area contributed by atoms with Crippen LogP contribution in [0.15, 0.2) is 12.1 Å². The summed E-state index contributed by atoms with van der Waals surface area (Å²) in [5, 5.41) is 5.99. The molecular formula is C11H13ClN2O3. The van der Waals surface area contributed by atoms with E-state index in [0.717, 1.165) is 0 Å². The van der Waals surface area contributed by atoms with Crippen LogP contribution in [0.3, 0.4) is 0 Å². The molecule has 2 rings (SSSR count). The molecule has 1 aromatic carbocycles. The second-order valence-corrected chi connectivity index (χ2v) is 4.09. The number of likely N-dealkylation sites (N-methyl/N-ethyl adjacent to an activating group) is 1. The first-order valence-corrected chi connectivity index (χ1v) is 5.57. The van der Waals surface area contributed by atoms with E-state index >= 15 is 0 Å². The van der Waals surface area contributed by atoms with Crippen LogP contribution in [0, 0.1) is 0 Å². The van der Waals surface area contributed by atoms with E-state index in [9.17, 15) is 4.79 Å². The van der Waals surface area contributed by atoms with Gasteiger partial charge in [-0.15, -0.1) is 0 Å². The predicted octanol–water partition coefficient (Wildman–Crippen LogP) is 1.62. The Morgan fingerprint density at radius 2 is 2.06 bits per heavy atom. The van der Waals surface area contributed by atoms with E-state index in [1.54, 1.807) is 26.1 Å². The monoisotopic (exact) mass is 256 g/mol. The summed E-state index contributed by atoms with van der Waals surface area (Å²) in [7, 11) is 1.71. The number of ether oxygens (including phenoxy) is 2. The van der Waals surface area contributed by atoms with E-state index in [-0.39, 0.29) is 18.7 Å². The molecule has 1 heterocycles. The molecule has 1 unspecified atom stereocenters. The first kappa shape index (κ1) is 12.0. The molecule has 0 spiro atoms. The Labute approximate surface area is 104 Å². The van der Waals surface area contributed by atoms with Gasteiger partial charge in [0.05, 0.1) is 16.8 Å². The molecule has 0 radical (unpaired) electrons. The highest BCUT2D eigenvalue weighted by Crippen LogP contribution is 2.39. The number of hydrogen-bond acceptors (Lipinski definition) is 4. The van der Waals surface area contributed by atoms with Crippen LogP contribution in [0.4, 0.5) is 5.69 Å². The Balaban J connectivity index is 2.19. The molecule has 1 aliphatic heterocycles. The number of halogens is 1. The number of amides is 1. The number of nitrogens with one attached hydrogen (secondary N) is 2. The van der Waals surface area contributed by atoms with Crippen LogP contribution in [0.25, 0.3) is 0 Å². The highest BCUT2D eigenvalue weighted by Gasteiger charge is 2.18. The molecule has 1 aliphatic rings. The summed E-state index contributed by atoms with van der Waals surface area (Å²) in [4.78, 5) is 11.7. The summed E-state index contributed by atoms with van der Waals surface area (Å²) < 4.78 is 10.4. The van der Waals surface area contributed by atoms with Gasteiger partial charge in [-0.05, 0) is 14.0 Å². The summed E-state index contributed by atoms with van der Waals surface area (Å²) in [5.74, 6) is 1.02. The van der Waals surface area contributed by atoms with Gasteiger partial charge in [-0.2, -0.15) is 0 Å². The summed E-state index contributed by atoms with van der Waals surface area (Å²) in [5.41, 5.74) is 0.517. The second kappa shape index (κ2) is 4.81. The van der Waals surface area contributed by atoms with E-state index in [4.69, 9.17) is 21.1 Å². The van der Waals surface area contributed by atoms with Gasteiger partial charge in [0.1, 0.15) is 0 Å². The average Bonchev–Trinajstić information content (AvgIpc) is 2.75. The van der Waals surface area contributed by atoms with Crippen molar-refractivity contribution >= 4 is 23.2 Å². The normalized spacial score (nSPS) is 14.5. The number of hydrogen-bond donors (Lipinski definition) is 2. The number of anilines is 1. The molecule has 1 amide bonds. The van der Waals surface area contributed by atoms with E-state index in [2.05, 4.69) is 10.6 Å². The Morgan fingerprint density at radius 3 is 2.71 bits per heavy atom. The van der Waals surface area contributed by atoms with E-state index < -0.39 is 0 Å². The molecule has 17 heavy (non-hydrogen) atoms. The van der Waals surface area contributed by atoms with Crippen molar-refractivity contribution in [3.63, 3.8) is 0 Å². The van der Waals surface area contributed by atoms with Crippen LogP contribution in [0.5, 0.6) is 11.5 Å². The molecule has 0 bridgehead atoms. The summed E-state index contributed by atoms with van der Waals surface area (Å²) in [6.07, 6.45) is 0. The van der Waals surface area contributed by atoms with Gasteiger partial charge in [-0.3, -0.25) is 4.79 Å². The molecule has 6 heteroatoms. The maximum Gasteiger partial charge on any atom is 0.241 e. The maximum atomic E-state index is 11.7. The standard InChI is InChI=1S/C11H13ClN2O3/c1-6(13-2)11(15)14-8-4-10-9(3-7(8)12)16-5-17-10/h3-4,6,13H,5H2,1-2H3,(H,14,15). The Kier molecular flexibility index (Phi) is 3.40. The number of carbonyl (C=O) groups is 1. The van der Waals surface area contributed by atoms with Crippen LogP contribution in [0.2, 0.25) is 5.02 Å². The third kappa shape index (κ3) is 2.45. The number of benzene rings is 1. The lowest BCUT2D eigenvalue weighted by atomic mass is 10.2. The van der Waals surface area contributed by atoms with Gasteiger partial charge in [0, 0.05) is 12.1 Å². The minimum Gasteiger partial charge on any atom is -0.454 e. The van der Waals surface area contributed by atoms with E-state index in [0.29, 0.717) is 22.2 Å². The molecule has 1 atom stereocenters. The topological polar surface area (TPSA) is 59.6 Å². The lowest BCUT2D eigenvalue weighted by Crippen LogP contribution is -2.35. The molecular weight excluding hydrogens is 244 g/mol. The average molecular weight is 257 g/mol. The summed E-state index contributed by atoms with van der Waals surface area (Å²) >= 11 is 6.03. The zero-order valence-corrected chi connectivity index (χ0v) is 10.3. The molecule has 0 aromatic heterocycles. The SMILES string of the molecule is CNC(C)C(=O)Nc1cc2c(cc1Cl)OCO2. The molecule has 2 N–H and O–H groups in total. The van der Waals surface area contributed by atoms with Crippen LogP contribution >= 0.6 is 11.6 Å². The van der Waals surface area contributed by atoms with Gasteiger partial charge in [-0.25, -0.2) is 0 Å². The van der Waals surface area contributed by atoms with Gasteiger partial charge >= 0.3 is 0 Å². The van der Waals surface area contributed by atoms with E-state index in [1.807, 2.05) is 0 Å². The number of fused-ring (bicyclic) bond motifs is 1. The Hall–Kier alpha value is -1.46. The highest BCUT2D eigenvalue weighted by molar-refractivity contribution is 6.34. The van der Waals surface area contributed by atoms with Gasteiger partial charge in [-0.1, -0.05) is 11.6 Å². The molecule has 0 fully saturated rings. The van der Waals surface area contributed by atoms with Gasteiger partial charge < -0.3 is 20.1 Å². The third-order valence-electron chi connectivity index (χ3n) is 2.55. The summed E-state index contributed by atoms with van der Waals surface area (Å²) in [6, 6.07) is 2.99. The van der Waals surface area contributed by atoms with Crippen molar-refractivity contribution in [3.05, 3.63) is 17.2 Å². The zero-order valence-electron chi connectivity index (χ0n) is 9.54. The van der Waals surface area contributed by atoms with Crippen LogP contribution in [-0.2, 0) is 4.79 Å². The highest BCUT2D eigenvalue weighted by atomic mass is 35.5. The fraction of sp³-hybridized carbons (Fsp3) is 0.364. The summed E-state index contributed by atoms with van der Waals surface area (Å²) in [6.45, 7) is 1.94. The molecule has 92 valence electrons. The van der Waals surface area contributed by atoms with Crippen LogP contribution in [-0.4, -0.2) is 25.8 Å². The Morgan fingerprint density at radius 1 is 1.41 bits per heavy atom. The Bertz CT molecular complexity index is 451. The van der Waals surface area contributed by atoms with Gasteiger partial charge in [0.25, 0.3) is 0 Å². The van der Waals surface area contributed by atoms with Crippen molar-refractivity contribution < 1.29 is 14.3 Å². The van der Waals surface area contributed by atoms with Crippen molar-refractivity contribution in [2.75, 3.05) is 19.2 Å². The van der Waals surface area contributed by atoms with Crippen molar-refractivity contribution in [3.8, 4) is 11.5 Å². The van der Waals surface area contributed by atoms with Crippen molar-refractivity contribution in [1.29, 1.82) is 0 Å². The first-order chi connectivity index (χ1) is 8.11. The van der Waals surface area contributed by atoms with Crippen LogP contribution in [0.1, 0.15) is 6.92 Å². The zero-order chi connectivity index (χ0) is 12.4. The fourth-order valence-corrected chi connectivity index (χ4v) is 1.59. The van der Waals surface area contributed by atoms with E-state index in [1.165, 1.54) is 0 Å². The molecule has 0 saturated heterocycles. The number of carbonyl (C=O) groups excluding carboxylic acids is 1.